The first-order valence-electron chi connectivity index (χ1n) is 4.72. The number of hydrogen-bond donors (Lipinski definition) is 1. The summed E-state index contributed by atoms with van der Waals surface area (Å²) in [5.41, 5.74) is 0.576. The molecule has 0 aromatic carbocycles. The molecule has 0 amide bonds. The highest BCUT2D eigenvalue weighted by molar-refractivity contribution is 5.04. The maximum Gasteiger partial charge on any atom is 0.111 e. The van der Waals surface area contributed by atoms with Crippen molar-refractivity contribution in [2.45, 2.75) is 32.9 Å². The molecule has 4 heteroatoms. The summed E-state index contributed by atoms with van der Waals surface area (Å²) in [4.78, 5) is 0. The second-order valence-electron chi connectivity index (χ2n) is 3.73. The van der Waals surface area contributed by atoms with Gasteiger partial charge in [0.25, 0.3) is 0 Å². The average Bonchev–Trinajstić information content (AvgIpc) is 2.52. The van der Waals surface area contributed by atoms with Crippen molar-refractivity contribution in [1.29, 1.82) is 5.26 Å². The van der Waals surface area contributed by atoms with Crippen molar-refractivity contribution >= 4 is 0 Å². The molecule has 0 saturated heterocycles. The number of nitriles is 1. The van der Waals surface area contributed by atoms with Crippen molar-refractivity contribution in [3.63, 3.8) is 0 Å². The molecular weight excluding hydrogens is 178 g/mol. The Bertz CT molecular complexity index is 324. The fourth-order valence-electron chi connectivity index (χ4n) is 1.22. The number of rotatable bonds is 4. The number of aliphatic hydroxyl groups is 1. The largest absolute Gasteiger partial charge is 0.386 e. The smallest absolute Gasteiger partial charge is 0.111 e. The predicted octanol–water partition coefficient (Wildman–Crippen LogP) is 1.49. The van der Waals surface area contributed by atoms with Crippen LogP contribution in [0.3, 0.4) is 0 Å². The molecule has 14 heavy (non-hydrogen) atoms. The van der Waals surface area contributed by atoms with E-state index in [0.29, 0.717) is 11.6 Å². The summed E-state index contributed by atoms with van der Waals surface area (Å²) in [6.45, 7) is 5.04. The normalized spacial score (nSPS) is 12.8. The molecule has 1 unspecified atom stereocenters. The van der Waals surface area contributed by atoms with Crippen molar-refractivity contribution in [3.8, 4) is 6.07 Å². The Morgan fingerprint density at radius 2 is 2.36 bits per heavy atom. The van der Waals surface area contributed by atoms with Gasteiger partial charge in [-0.05, 0) is 12.0 Å². The molecule has 1 rings (SSSR count). The van der Waals surface area contributed by atoms with Gasteiger partial charge in [-0.3, -0.25) is 4.68 Å². The quantitative estimate of drug-likeness (QED) is 0.788. The van der Waals surface area contributed by atoms with E-state index in [4.69, 9.17) is 5.26 Å². The SMILES string of the molecule is CC(C)Cn1ccc(C(O)CC#N)n1. The predicted molar refractivity (Wildman–Crippen MR) is 52.3 cm³/mol. The van der Waals surface area contributed by atoms with Gasteiger partial charge in [0.05, 0.1) is 18.2 Å². The van der Waals surface area contributed by atoms with Crippen LogP contribution in [0.1, 0.15) is 32.1 Å². The fourth-order valence-corrected chi connectivity index (χ4v) is 1.22. The molecule has 0 aliphatic heterocycles. The molecule has 76 valence electrons. The van der Waals surface area contributed by atoms with Crippen molar-refractivity contribution in [2.24, 2.45) is 5.92 Å². The van der Waals surface area contributed by atoms with Gasteiger partial charge in [-0.1, -0.05) is 13.8 Å². The summed E-state index contributed by atoms with van der Waals surface area (Å²) in [7, 11) is 0. The lowest BCUT2D eigenvalue weighted by Gasteiger charge is -2.05. The summed E-state index contributed by atoms with van der Waals surface area (Å²) >= 11 is 0. The van der Waals surface area contributed by atoms with E-state index in [1.165, 1.54) is 0 Å². The molecule has 0 aliphatic rings. The lowest BCUT2D eigenvalue weighted by Crippen LogP contribution is -2.06. The van der Waals surface area contributed by atoms with Crippen LogP contribution in [0.5, 0.6) is 0 Å². The molecule has 0 fully saturated rings. The zero-order chi connectivity index (χ0) is 10.6. The van der Waals surface area contributed by atoms with Crippen LogP contribution in [-0.4, -0.2) is 14.9 Å². The van der Waals surface area contributed by atoms with Gasteiger partial charge in [0.2, 0.25) is 0 Å². The van der Waals surface area contributed by atoms with Gasteiger partial charge in [0.15, 0.2) is 0 Å². The van der Waals surface area contributed by atoms with Crippen LogP contribution in [0.15, 0.2) is 12.3 Å². The maximum atomic E-state index is 9.47. The van der Waals surface area contributed by atoms with Crippen molar-refractivity contribution in [2.75, 3.05) is 0 Å². The molecule has 0 spiro atoms. The van der Waals surface area contributed by atoms with Crippen LogP contribution >= 0.6 is 0 Å². The van der Waals surface area contributed by atoms with Crippen LogP contribution < -0.4 is 0 Å². The Morgan fingerprint density at radius 1 is 1.64 bits per heavy atom. The second-order valence-corrected chi connectivity index (χ2v) is 3.73. The van der Waals surface area contributed by atoms with E-state index in [-0.39, 0.29) is 6.42 Å². The number of aromatic nitrogens is 2. The van der Waals surface area contributed by atoms with Crippen LogP contribution in [0, 0.1) is 17.2 Å². The van der Waals surface area contributed by atoms with E-state index in [0.717, 1.165) is 6.54 Å². The summed E-state index contributed by atoms with van der Waals surface area (Å²) in [6.07, 6.45) is 1.17. The van der Waals surface area contributed by atoms with E-state index in [1.807, 2.05) is 12.3 Å². The number of nitrogens with zero attached hydrogens (tertiary/aromatic N) is 3. The molecule has 1 aromatic rings. The average molecular weight is 193 g/mol. The minimum atomic E-state index is -0.756. The van der Waals surface area contributed by atoms with Gasteiger partial charge in [0.1, 0.15) is 6.10 Å². The van der Waals surface area contributed by atoms with Crippen LogP contribution in [-0.2, 0) is 6.54 Å². The minimum absolute atomic E-state index is 0.0959. The topological polar surface area (TPSA) is 61.8 Å². The van der Waals surface area contributed by atoms with E-state index in [1.54, 1.807) is 10.7 Å². The van der Waals surface area contributed by atoms with E-state index < -0.39 is 6.10 Å². The zero-order valence-electron chi connectivity index (χ0n) is 8.51. The first kappa shape index (κ1) is 10.7. The van der Waals surface area contributed by atoms with E-state index in [9.17, 15) is 5.11 Å². The maximum absolute atomic E-state index is 9.47. The lowest BCUT2D eigenvalue weighted by atomic mass is 10.2. The van der Waals surface area contributed by atoms with Crippen LogP contribution in [0.2, 0.25) is 0 Å². The number of hydrogen-bond acceptors (Lipinski definition) is 3. The summed E-state index contributed by atoms with van der Waals surface area (Å²) < 4.78 is 1.79. The van der Waals surface area contributed by atoms with Gasteiger partial charge in [-0.2, -0.15) is 10.4 Å². The molecule has 0 radical (unpaired) electrons. The lowest BCUT2D eigenvalue weighted by molar-refractivity contribution is 0.177. The Kier molecular flexibility index (Phi) is 3.66. The molecule has 1 atom stereocenters. The Morgan fingerprint density at radius 3 is 2.93 bits per heavy atom. The monoisotopic (exact) mass is 193 g/mol. The molecule has 4 nitrogen and oxygen atoms in total. The van der Waals surface area contributed by atoms with E-state index >= 15 is 0 Å². The fraction of sp³-hybridized carbons (Fsp3) is 0.600. The van der Waals surface area contributed by atoms with Crippen molar-refractivity contribution in [1.82, 2.24) is 9.78 Å². The third-order valence-electron chi connectivity index (χ3n) is 1.84. The molecular formula is C10H15N3O. The molecule has 0 bridgehead atoms. The van der Waals surface area contributed by atoms with Gasteiger partial charge < -0.3 is 5.11 Å². The highest BCUT2D eigenvalue weighted by Crippen LogP contribution is 2.13. The van der Waals surface area contributed by atoms with Crippen molar-refractivity contribution in [3.05, 3.63) is 18.0 Å². The van der Waals surface area contributed by atoms with Crippen molar-refractivity contribution < 1.29 is 5.11 Å². The standard InChI is InChI=1S/C10H15N3O/c1-8(2)7-13-6-4-9(12-13)10(14)3-5-11/h4,6,8,10,14H,3,7H2,1-2H3. The van der Waals surface area contributed by atoms with E-state index in [2.05, 4.69) is 18.9 Å². The highest BCUT2D eigenvalue weighted by Gasteiger charge is 2.10. The van der Waals surface area contributed by atoms with Gasteiger partial charge >= 0.3 is 0 Å². The zero-order valence-corrected chi connectivity index (χ0v) is 8.51. The molecule has 0 aliphatic carbocycles. The second kappa shape index (κ2) is 4.77. The molecule has 1 aromatic heterocycles. The Hall–Kier alpha value is -1.34. The minimum Gasteiger partial charge on any atom is -0.386 e. The third-order valence-corrected chi connectivity index (χ3v) is 1.84. The molecule has 0 saturated carbocycles. The summed E-state index contributed by atoms with van der Waals surface area (Å²) in [5, 5.41) is 22.1. The summed E-state index contributed by atoms with van der Waals surface area (Å²) in [5.74, 6) is 0.524. The molecule has 1 N–H and O–H groups in total. The summed E-state index contributed by atoms with van der Waals surface area (Å²) in [6, 6.07) is 3.67. The Labute approximate surface area is 83.8 Å². The third kappa shape index (κ3) is 2.86. The highest BCUT2D eigenvalue weighted by atomic mass is 16.3. The van der Waals surface area contributed by atoms with Crippen LogP contribution in [0.25, 0.3) is 0 Å². The van der Waals surface area contributed by atoms with Gasteiger partial charge in [-0.15, -0.1) is 0 Å². The first-order valence-corrected chi connectivity index (χ1v) is 4.72. The molecule has 1 heterocycles. The van der Waals surface area contributed by atoms with Crippen LogP contribution in [0.4, 0.5) is 0 Å². The number of aliphatic hydroxyl groups excluding tert-OH is 1. The Balaban J connectivity index is 2.64. The first-order chi connectivity index (χ1) is 6.63. The van der Waals surface area contributed by atoms with Gasteiger partial charge in [0, 0.05) is 12.7 Å². The van der Waals surface area contributed by atoms with Gasteiger partial charge in [-0.25, -0.2) is 0 Å².